The first-order valence-corrected chi connectivity index (χ1v) is 5.72. The molecule has 5 nitrogen and oxygen atoms in total. The zero-order chi connectivity index (χ0) is 11.5. The van der Waals surface area contributed by atoms with Gasteiger partial charge >= 0.3 is 0 Å². The molecule has 1 fully saturated rings. The molecule has 5 heteroatoms. The maximum absolute atomic E-state index is 11.2. The molecule has 0 radical (unpaired) electrons. The van der Waals surface area contributed by atoms with Crippen LogP contribution in [0.4, 0.5) is 5.82 Å². The number of aromatic nitrogens is 2. The van der Waals surface area contributed by atoms with Crippen molar-refractivity contribution in [2.45, 2.75) is 25.8 Å². The number of rotatable bonds is 2. The zero-order valence-electron chi connectivity index (χ0n) is 9.52. The molecule has 0 bridgehead atoms. The highest BCUT2D eigenvalue weighted by Gasteiger charge is 2.26. The minimum Gasteiger partial charge on any atom is -0.352 e. The summed E-state index contributed by atoms with van der Waals surface area (Å²) in [5.74, 6) is 1.44. The number of H-pyrrole nitrogens is 1. The summed E-state index contributed by atoms with van der Waals surface area (Å²) in [6.07, 6.45) is 3.65. The summed E-state index contributed by atoms with van der Waals surface area (Å²) >= 11 is 0. The van der Waals surface area contributed by atoms with Crippen LogP contribution in [-0.4, -0.2) is 29.1 Å². The summed E-state index contributed by atoms with van der Waals surface area (Å²) in [6.45, 7) is 3.78. The molecule has 2 atom stereocenters. The molecule has 0 saturated carbocycles. The predicted octanol–water partition coefficient (Wildman–Crippen LogP) is 0.333. The van der Waals surface area contributed by atoms with Gasteiger partial charge in [0.2, 0.25) is 0 Å². The number of hydrogen-bond donors (Lipinski definition) is 2. The number of nitrogens with two attached hydrogens (primary N) is 1. The van der Waals surface area contributed by atoms with Crippen molar-refractivity contribution in [2.75, 3.05) is 18.0 Å². The molecule has 2 unspecified atom stereocenters. The molecule has 1 saturated heterocycles. The Morgan fingerprint density at radius 2 is 2.50 bits per heavy atom. The van der Waals surface area contributed by atoms with Crippen molar-refractivity contribution in [3.63, 3.8) is 0 Å². The lowest BCUT2D eigenvalue weighted by Gasteiger charge is -2.38. The van der Waals surface area contributed by atoms with E-state index in [4.69, 9.17) is 5.73 Å². The highest BCUT2D eigenvalue weighted by molar-refractivity contribution is 5.38. The fourth-order valence-electron chi connectivity index (χ4n) is 2.29. The summed E-state index contributed by atoms with van der Waals surface area (Å²) < 4.78 is 0. The van der Waals surface area contributed by atoms with Gasteiger partial charge in [0, 0.05) is 25.2 Å². The van der Waals surface area contributed by atoms with Crippen LogP contribution in [0.1, 0.15) is 19.8 Å². The normalized spacial score (nSPS) is 25.8. The van der Waals surface area contributed by atoms with E-state index >= 15 is 0 Å². The van der Waals surface area contributed by atoms with Crippen LogP contribution in [0.25, 0.3) is 0 Å². The van der Waals surface area contributed by atoms with Crippen molar-refractivity contribution in [1.82, 2.24) is 9.97 Å². The molecule has 1 aliphatic heterocycles. The van der Waals surface area contributed by atoms with Gasteiger partial charge in [-0.25, -0.2) is 4.98 Å². The summed E-state index contributed by atoms with van der Waals surface area (Å²) in [4.78, 5) is 20.1. The lowest BCUT2D eigenvalue weighted by atomic mass is 9.92. The number of hydrogen-bond acceptors (Lipinski definition) is 4. The minimum absolute atomic E-state index is 0.112. The minimum atomic E-state index is -0.112. The van der Waals surface area contributed by atoms with E-state index in [9.17, 15) is 4.79 Å². The number of nitrogens with zero attached hydrogens (tertiary/aromatic N) is 2. The zero-order valence-corrected chi connectivity index (χ0v) is 9.52. The Labute approximate surface area is 94.7 Å². The third-order valence-corrected chi connectivity index (χ3v) is 3.21. The van der Waals surface area contributed by atoms with Crippen LogP contribution in [0.3, 0.4) is 0 Å². The van der Waals surface area contributed by atoms with E-state index in [-0.39, 0.29) is 5.56 Å². The molecular formula is C11H18N4O. The third-order valence-electron chi connectivity index (χ3n) is 3.21. The maximum atomic E-state index is 11.2. The molecule has 3 N–H and O–H groups in total. The lowest BCUT2D eigenvalue weighted by molar-refractivity contribution is 0.365. The summed E-state index contributed by atoms with van der Waals surface area (Å²) in [6, 6.07) is 1.84. The number of anilines is 1. The second-order valence-corrected chi connectivity index (χ2v) is 4.48. The van der Waals surface area contributed by atoms with E-state index in [0.717, 1.165) is 25.2 Å². The Hall–Kier alpha value is -1.36. The molecule has 2 heterocycles. The van der Waals surface area contributed by atoms with Gasteiger partial charge in [-0.2, -0.15) is 0 Å². The summed E-state index contributed by atoms with van der Waals surface area (Å²) in [5.41, 5.74) is 5.66. The van der Waals surface area contributed by atoms with E-state index in [1.807, 2.05) is 0 Å². The Morgan fingerprint density at radius 1 is 1.69 bits per heavy atom. The van der Waals surface area contributed by atoms with E-state index in [1.54, 1.807) is 6.07 Å². The SMILES string of the molecule is CC1CCN(c2cc(=O)[nH]cn2)C(CN)C1. The van der Waals surface area contributed by atoms with Crippen LogP contribution in [-0.2, 0) is 0 Å². The molecule has 1 aromatic heterocycles. The highest BCUT2D eigenvalue weighted by atomic mass is 16.1. The van der Waals surface area contributed by atoms with Crippen molar-refractivity contribution < 1.29 is 0 Å². The van der Waals surface area contributed by atoms with Gasteiger partial charge in [0.25, 0.3) is 5.56 Å². The molecular weight excluding hydrogens is 204 g/mol. The topological polar surface area (TPSA) is 75.0 Å². The Morgan fingerprint density at radius 3 is 3.19 bits per heavy atom. The fourth-order valence-corrected chi connectivity index (χ4v) is 2.29. The predicted molar refractivity (Wildman–Crippen MR) is 63.4 cm³/mol. The number of aromatic amines is 1. The molecule has 0 amide bonds. The standard InChI is InChI=1S/C11H18N4O/c1-8-2-3-15(9(4-8)6-12)10-5-11(16)14-7-13-10/h5,7-9H,2-4,6,12H2,1H3,(H,13,14,16). The van der Waals surface area contributed by atoms with Gasteiger partial charge < -0.3 is 15.6 Å². The Bertz CT molecular complexity index is 403. The van der Waals surface area contributed by atoms with Crippen LogP contribution in [0.15, 0.2) is 17.2 Å². The van der Waals surface area contributed by atoms with Gasteiger partial charge in [0.1, 0.15) is 5.82 Å². The van der Waals surface area contributed by atoms with Gasteiger partial charge in [0.15, 0.2) is 0 Å². The second-order valence-electron chi connectivity index (χ2n) is 4.48. The van der Waals surface area contributed by atoms with E-state index in [2.05, 4.69) is 21.8 Å². The van der Waals surface area contributed by atoms with Crippen LogP contribution < -0.4 is 16.2 Å². The van der Waals surface area contributed by atoms with Crippen LogP contribution >= 0.6 is 0 Å². The van der Waals surface area contributed by atoms with Gasteiger partial charge in [-0.15, -0.1) is 0 Å². The highest BCUT2D eigenvalue weighted by Crippen LogP contribution is 2.25. The van der Waals surface area contributed by atoms with Crippen molar-refractivity contribution in [1.29, 1.82) is 0 Å². The Balaban J connectivity index is 2.22. The first kappa shape index (κ1) is 11.1. The van der Waals surface area contributed by atoms with Gasteiger partial charge in [0.05, 0.1) is 6.33 Å². The maximum Gasteiger partial charge on any atom is 0.252 e. The average molecular weight is 222 g/mol. The van der Waals surface area contributed by atoms with Gasteiger partial charge in [-0.1, -0.05) is 6.92 Å². The number of piperidine rings is 1. The molecule has 2 rings (SSSR count). The molecule has 1 aliphatic rings. The molecule has 88 valence electrons. The summed E-state index contributed by atoms with van der Waals surface area (Å²) in [7, 11) is 0. The first-order valence-electron chi connectivity index (χ1n) is 5.72. The van der Waals surface area contributed by atoms with E-state index in [0.29, 0.717) is 18.5 Å². The monoisotopic (exact) mass is 222 g/mol. The van der Waals surface area contributed by atoms with Crippen molar-refractivity contribution in [2.24, 2.45) is 11.7 Å². The van der Waals surface area contributed by atoms with E-state index in [1.165, 1.54) is 6.33 Å². The van der Waals surface area contributed by atoms with Gasteiger partial charge in [-0.3, -0.25) is 4.79 Å². The van der Waals surface area contributed by atoms with Crippen LogP contribution in [0.5, 0.6) is 0 Å². The first-order chi connectivity index (χ1) is 7.70. The fraction of sp³-hybridized carbons (Fsp3) is 0.636. The van der Waals surface area contributed by atoms with Crippen molar-refractivity contribution in [3.05, 3.63) is 22.7 Å². The Kier molecular flexibility index (Phi) is 3.24. The van der Waals surface area contributed by atoms with Gasteiger partial charge in [-0.05, 0) is 18.8 Å². The third kappa shape index (κ3) is 2.24. The molecule has 0 spiro atoms. The molecule has 1 aromatic rings. The smallest absolute Gasteiger partial charge is 0.252 e. The van der Waals surface area contributed by atoms with Crippen molar-refractivity contribution in [3.8, 4) is 0 Å². The molecule has 0 aliphatic carbocycles. The number of nitrogens with one attached hydrogen (secondary N) is 1. The quantitative estimate of drug-likeness (QED) is 0.756. The van der Waals surface area contributed by atoms with Crippen molar-refractivity contribution >= 4 is 5.82 Å². The molecule has 16 heavy (non-hydrogen) atoms. The van der Waals surface area contributed by atoms with Crippen LogP contribution in [0.2, 0.25) is 0 Å². The van der Waals surface area contributed by atoms with E-state index < -0.39 is 0 Å². The summed E-state index contributed by atoms with van der Waals surface area (Å²) in [5, 5.41) is 0. The second kappa shape index (κ2) is 4.65. The molecule has 0 aromatic carbocycles. The average Bonchev–Trinajstić information content (AvgIpc) is 2.28. The lowest BCUT2D eigenvalue weighted by Crippen LogP contribution is -2.47. The largest absolute Gasteiger partial charge is 0.352 e. The van der Waals surface area contributed by atoms with Crippen LogP contribution in [0, 0.1) is 5.92 Å².